The molecule has 1 fully saturated rings. The summed E-state index contributed by atoms with van der Waals surface area (Å²) >= 11 is 0. The number of hydrogen-bond acceptors (Lipinski definition) is 1. The van der Waals surface area contributed by atoms with Gasteiger partial charge in [-0.25, -0.2) is 0 Å². The minimum Gasteiger partial charge on any atom is -0.366 e. The zero-order valence-corrected chi connectivity index (χ0v) is 15.9. The van der Waals surface area contributed by atoms with E-state index in [9.17, 15) is 4.79 Å². The minimum atomic E-state index is -0.349. The summed E-state index contributed by atoms with van der Waals surface area (Å²) < 4.78 is 0. The van der Waals surface area contributed by atoms with E-state index in [-0.39, 0.29) is 5.91 Å². The van der Waals surface area contributed by atoms with Gasteiger partial charge in [0.05, 0.1) is 0 Å². The van der Waals surface area contributed by atoms with Crippen LogP contribution in [0.2, 0.25) is 0 Å². The summed E-state index contributed by atoms with van der Waals surface area (Å²) in [6.45, 7) is 2.26. The third kappa shape index (κ3) is 4.75. The minimum absolute atomic E-state index is 0.349. The highest BCUT2D eigenvalue weighted by Crippen LogP contribution is 2.40. The van der Waals surface area contributed by atoms with Crippen molar-refractivity contribution >= 4 is 5.91 Å². The molecule has 138 valence electrons. The smallest absolute Gasteiger partial charge is 0.248 e. The molecule has 0 aromatic heterocycles. The molecule has 0 atom stereocenters. The van der Waals surface area contributed by atoms with Crippen molar-refractivity contribution < 1.29 is 4.79 Å². The van der Waals surface area contributed by atoms with Crippen LogP contribution < -0.4 is 5.73 Å². The predicted octanol–water partition coefficient (Wildman–Crippen LogP) is 5.96. The molecule has 2 N–H and O–H groups in total. The Hall–Kier alpha value is -2.09. The lowest BCUT2D eigenvalue weighted by Gasteiger charge is -2.29. The number of nitrogens with two attached hydrogens (primary N) is 1. The Morgan fingerprint density at radius 2 is 1.35 bits per heavy atom. The Morgan fingerprint density at radius 1 is 0.846 bits per heavy atom. The molecule has 0 bridgehead atoms. The van der Waals surface area contributed by atoms with Gasteiger partial charge in [0.1, 0.15) is 0 Å². The molecule has 0 radical (unpaired) electrons. The molecule has 1 amide bonds. The molecule has 2 heteroatoms. The first kappa shape index (κ1) is 18.7. The lowest BCUT2D eigenvalue weighted by molar-refractivity contribution is 0.100. The fourth-order valence-corrected chi connectivity index (χ4v) is 4.22. The van der Waals surface area contributed by atoms with Crippen LogP contribution in [-0.4, -0.2) is 5.91 Å². The molecular weight excluding hydrogens is 318 g/mol. The van der Waals surface area contributed by atoms with E-state index in [0.29, 0.717) is 17.4 Å². The van der Waals surface area contributed by atoms with Crippen molar-refractivity contribution in [1.29, 1.82) is 0 Å². The van der Waals surface area contributed by atoms with Gasteiger partial charge >= 0.3 is 0 Å². The van der Waals surface area contributed by atoms with Gasteiger partial charge in [-0.1, -0.05) is 56.2 Å². The molecule has 26 heavy (non-hydrogen) atoms. The maximum Gasteiger partial charge on any atom is 0.248 e. The Kier molecular flexibility index (Phi) is 6.49. The molecule has 0 spiro atoms. The molecule has 0 heterocycles. The van der Waals surface area contributed by atoms with Crippen LogP contribution in [0, 0.1) is 0 Å². The second-order valence-corrected chi connectivity index (χ2v) is 7.73. The summed E-state index contributed by atoms with van der Waals surface area (Å²) in [6.07, 6.45) is 10.1. The fraction of sp³-hybridized carbons (Fsp3) is 0.458. The van der Waals surface area contributed by atoms with Gasteiger partial charge < -0.3 is 5.73 Å². The Balaban J connectivity index is 1.53. The van der Waals surface area contributed by atoms with E-state index in [2.05, 4.69) is 43.3 Å². The Labute approximate surface area is 157 Å². The van der Waals surface area contributed by atoms with Gasteiger partial charge in [0.25, 0.3) is 0 Å². The van der Waals surface area contributed by atoms with Crippen LogP contribution in [0.4, 0.5) is 0 Å². The van der Waals surface area contributed by atoms with Crippen LogP contribution >= 0.6 is 0 Å². The molecule has 2 nitrogen and oxygen atoms in total. The number of carbonyl (C=O) groups is 1. The highest BCUT2D eigenvalue weighted by atomic mass is 16.1. The molecule has 0 saturated heterocycles. The molecule has 3 rings (SSSR count). The first-order valence-electron chi connectivity index (χ1n) is 10.2. The second-order valence-electron chi connectivity index (χ2n) is 7.73. The number of aryl methyl sites for hydroxylation is 1. The average Bonchev–Trinajstić information content (AvgIpc) is 2.69. The first-order chi connectivity index (χ1) is 12.7. The van der Waals surface area contributed by atoms with Crippen molar-refractivity contribution in [2.24, 2.45) is 5.73 Å². The number of unbranched alkanes of at least 4 members (excludes halogenated alkanes) is 2. The van der Waals surface area contributed by atoms with E-state index in [1.54, 1.807) is 0 Å². The van der Waals surface area contributed by atoms with Crippen molar-refractivity contribution in [2.45, 2.75) is 70.1 Å². The van der Waals surface area contributed by atoms with Crippen molar-refractivity contribution in [1.82, 2.24) is 0 Å². The van der Waals surface area contributed by atoms with E-state index in [1.165, 1.54) is 68.1 Å². The Morgan fingerprint density at radius 3 is 1.81 bits per heavy atom. The lowest BCUT2D eigenvalue weighted by atomic mass is 9.76. The van der Waals surface area contributed by atoms with Gasteiger partial charge in [-0.2, -0.15) is 0 Å². The third-order valence-corrected chi connectivity index (χ3v) is 5.91. The molecule has 1 saturated carbocycles. The summed E-state index contributed by atoms with van der Waals surface area (Å²) in [5.74, 6) is 0.959. The van der Waals surface area contributed by atoms with Gasteiger partial charge in [-0.3, -0.25) is 4.79 Å². The molecular formula is C24H31NO. The lowest BCUT2D eigenvalue weighted by Crippen LogP contribution is -2.13. The second kappa shape index (κ2) is 9.02. The van der Waals surface area contributed by atoms with E-state index in [0.717, 1.165) is 0 Å². The summed E-state index contributed by atoms with van der Waals surface area (Å²) in [5, 5.41) is 0. The maximum atomic E-state index is 11.2. The SMILES string of the molecule is CCCCCc1ccc(C2CCC(c3ccc(C(N)=O)cc3)CC2)cc1. The first-order valence-corrected chi connectivity index (χ1v) is 10.2. The van der Waals surface area contributed by atoms with Crippen LogP contribution in [0.3, 0.4) is 0 Å². The van der Waals surface area contributed by atoms with Crippen LogP contribution in [-0.2, 0) is 6.42 Å². The van der Waals surface area contributed by atoms with Crippen LogP contribution in [0.15, 0.2) is 48.5 Å². The predicted molar refractivity (Wildman–Crippen MR) is 109 cm³/mol. The summed E-state index contributed by atoms with van der Waals surface area (Å²) in [7, 11) is 0. The topological polar surface area (TPSA) is 43.1 Å². The van der Waals surface area contributed by atoms with Crippen molar-refractivity contribution in [2.75, 3.05) is 0 Å². The highest BCUT2D eigenvalue weighted by molar-refractivity contribution is 5.92. The molecule has 0 unspecified atom stereocenters. The zero-order valence-electron chi connectivity index (χ0n) is 15.9. The number of benzene rings is 2. The Bertz CT molecular complexity index is 694. The van der Waals surface area contributed by atoms with Gasteiger partial charge in [-0.05, 0) is 79.2 Å². The van der Waals surface area contributed by atoms with Crippen LogP contribution in [0.1, 0.15) is 90.8 Å². The largest absolute Gasteiger partial charge is 0.366 e. The standard InChI is InChI=1S/C24H31NO/c1-2-3-4-5-18-6-8-19(9-7-18)20-10-12-21(13-11-20)22-14-16-23(17-15-22)24(25)26/h6-9,14-17,20-21H,2-5,10-13H2,1H3,(H2,25,26). The van der Waals surface area contributed by atoms with Crippen LogP contribution in [0.25, 0.3) is 0 Å². The fourth-order valence-electron chi connectivity index (χ4n) is 4.22. The zero-order chi connectivity index (χ0) is 18.4. The maximum absolute atomic E-state index is 11.2. The highest BCUT2D eigenvalue weighted by Gasteiger charge is 2.23. The molecule has 1 aliphatic carbocycles. The normalized spacial score (nSPS) is 20.0. The average molecular weight is 350 g/mol. The molecule has 0 aliphatic heterocycles. The number of primary amides is 1. The van der Waals surface area contributed by atoms with Gasteiger partial charge in [0, 0.05) is 5.56 Å². The van der Waals surface area contributed by atoms with Crippen LogP contribution in [0.5, 0.6) is 0 Å². The van der Waals surface area contributed by atoms with Gasteiger partial charge in [-0.15, -0.1) is 0 Å². The van der Waals surface area contributed by atoms with Gasteiger partial charge in [0.2, 0.25) is 5.91 Å². The molecule has 2 aromatic carbocycles. The summed E-state index contributed by atoms with van der Waals surface area (Å²) in [6, 6.07) is 17.3. The summed E-state index contributed by atoms with van der Waals surface area (Å²) in [5.41, 5.74) is 10.3. The number of rotatable bonds is 7. The number of hydrogen-bond donors (Lipinski definition) is 1. The van der Waals surface area contributed by atoms with E-state index in [4.69, 9.17) is 5.73 Å². The molecule has 1 aliphatic rings. The van der Waals surface area contributed by atoms with E-state index in [1.807, 2.05) is 12.1 Å². The quantitative estimate of drug-likeness (QED) is 0.616. The summed E-state index contributed by atoms with van der Waals surface area (Å²) in [4.78, 5) is 11.2. The van der Waals surface area contributed by atoms with Gasteiger partial charge in [0.15, 0.2) is 0 Å². The van der Waals surface area contributed by atoms with Crippen molar-refractivity contribution in [3.05, 3.63) is 70.8 Å². The van der Waals surface area contributed by atoms with E-state index >= 15 is 0 Å². The number of carbonyl (C=O) groups excluding carboxylic acids is 1. The third-order valence-electron chi connectivity index (χ3n) is 5.91. The molecule has 2 aromatic rings. The number of amides is 1. The van der Waals surface area contributed by atoms with Crippen molar-refractivity contribution in [3.63, 3.8) is 0 Å². The van der Waals surface area contributed by atoms with E-state index < -0.39 is 0 Å². The van der Waals surface area contributed by atoms with Crippen molar-refractivity contribution in [3.8, 4) is 0 Å². The monoisotopic (exact) mass is 349 g/mol.